The monoisotopic (exact) mass is 426 g/mol. The van der Waals surface area contributed by atoms with Gasteiger partial charge in [-0.1, -0.05) is 0 Å². The van der Waals surface area contributed by atoms with Crippen molar-refractivity contribution in [3.05, 3.63) is 48.0 Å². The normalized spacial score (nSPS) is 17.2. The predicted molar refractivity (Wildman–Crippen MR) is 104 cm³/mol. The molecule has 1 fully saturated rings. The van der Waals surface area contributed by atoms with Gasteiger partial charge in [0.05, 0.1) is 0 Å². The Morgan fingerprint density at radius 3 is 2.87 bits per heavy atom. The molecular weight excluding hydrogens is 404 g/mol. The lowest BCUT2D eigenvalue weighted by molar-refractivity contribution is -0.154. The average Bonchev–Trinajstić information content (AvgIpc) is 3.18. The Balaban J connectivity index is 1.50. The Hall–Kier alpha value is -3.11. The van der Waals surface area contributed by atoms with Crippen LogP contribution in [-0.2, 0) is 6.54 Å². The van der Waals surface area contributed by atoms with E-state index in [1.54, 1.807) is 25.4 Å². The van der Waals surface area contributed by atoms with Crippen molar-refractivity contribution in [2.75, 3.05) is 31.6 Å². The first-order chi connectivity index (χ1) is 14.3. The number of aromatic nitrogens is 2. The highest BCUT2D eigenvalue weighted by atomic mass is 19.4. The van der Waals surface area contributed by atoms with Crippen molar-refractivity contribution in [2.24, 2.45) is 4.99 Å². The molecule has 30 heavy (non-hydrogen) atoms. The van der Waals surface area contributed by atoms with Gasteiger partial charge in [0.1, 0.15) is 0 Å². The van der Waals surface area contributed by atoms with E-state index in [-0.39, 0.29) is 17.7 Å². The van der Waals surface area contributed by atoms with Crippen molar-refractivity contribution in [1.29, 1.82) is 0 Å². The van der Waals surface area contributed by atoms with Gasteiger partial charge in [0.2, 0.25) is 5.88 Å². The molecule has 1 aliphatic rings. The second-order valence-electron chi connectivity index (χ2n) is 6.72. The molecule has 1 saturated heterocycles. The van der Waals surface area contributed by atoms with Crippen molar-refractivity contribution in [1.82, 2.24) is 20.6 Å². The number of aliphatic imine (C=N–C) groups is 1. The van der Waals surface area contributed by atoms with Crippen LogP contribution >= 0.6 is 0 Å². The molecule has 0 saturated carbocycles. The Morgan fingerprint density at radius 1 is 1.30 bits per heavy atom. The van der Waals surface area contributed by atoms with Gasteiger partial charge >= 0.3 is 6.18 Å². The Labute approximate surface area is 171 Å². The highest BCUT2D eigenvalue weighted by Gasteiger charge is 2.29. The van der Waals surface area contributed by atoms with E-state index in [1.165, 1.54) is 18.3 Å². The summed E-state index contributed by atoms with van der Waals surface area (Å²) in [7, 11) is 1.62. The number of alkyl halides is 3. The second-order valence-corrected chi connectivity index (χ2v) is 6.72. The van der Waals surface area contributed by atoms with Gasteiger partial charge in [-0.2, -0.15) is 13.2 Å². The van der Waals surface area contributed by atoms with Gasteiger partial charge in [-0.3, -0.25) is 4.99 Å². The van der Waals surface area contributed by atoms with Crippen molar-refractivity contribution < 1.29 is 22.3 Å². The molecule has 11 heteroatoms. The smallest absolute Gasteiger partial charge is 0.422 e. The molecule has 3 rings (SSSR count). The summed E-state index contributed by atoms with van der Waals surface area (Å²) in [5.74, 6) is 0.395. The van der Waals surface area contributed by atoms with Crippen LogP contribution in [0.25, 0.3) is 0 Å². The molecule has 2 N–H and O–H groups in total. The lowest BCUT2D eigenvalue weighted by Crippen LogP contribution is -2.44. The van der Waals surface area contributed by atoms with Crippen LogP contribution in [0, 0.1) is 5.82 Å². The highest BCUT2D eigenvalue weighted by molar-refractivity contribution is 5.80. The second kappa shape index (κ2) is 9.59. The number of hydrogen-bond donors (Lipinski definition) is 2. The van der Waals surface area contributed by atoms with Gasteiger partial charge in [-0.15, -0.1) is 0 Å². The van der Waals surface area contributed by atoms with Gasteiger partial charge in [-0.05, 0) is 30.2 Å². The molecule has 1 aliphatic heterocycles. The third-order valence-corrected chi connectivity index (χ3v) is 4.43. The number of hydrogen-bond acceptors (Lipinski definition) is 5. The molecule has 2 aromatic rings. The molecule has 162 valence electrons. The summed E-state index contributed by atoms with van der Waals surface area (Å²) in [6.07, 6.45) is -0.702. The van der Waals surface area contributed by atoms with Gasteiger partial charge in [-0.25, -0.2) is 14.4 Å². The van der Waals surface area contributed by atoms with Gasteiger partial charge in [0.15, 0.2) is 24.2 Å². The number of nitrogens with zero attached hydrogens (tertiary/aromatic N) is 4. The SMILES string of the molecule is CN=C(NCc1ccnc(OCC(F)(F)F)c1)NC1CCN(c2ncccc2F)C1. The van der Waals surface area contributed by atoms with Crippen LogP contribution < -0.4 is 20.3 Å². The minimum atomic E-state index is -4.42. The molecule has 0 aromatic carbocycles. The van der Waals surface area contributed by atoms with Crippen LogP contribution in [0.15, 0.2) is 41.7 Å². The van der Waals surface area contributed by atoms with Crippen LogP contribution in [0.4, 0.5) is 23.4 Å². The van der Waals surface area contributed by atoms with Crippen LogP contribution in [0.5, 0.6) is 5.88 Å². The minimum absolute atomic E-state index is 0.0423. The number of ether oxygens (including phenoxy) is 1. The van der Waals surface area contributed by atoms with Crippen LogP contribution in [0.2, 0.25) is 0 Å². The summed E-state index contributed by atoms with van der Waals surface area (Å²) < 4.78 is 55.4. The minimum Gasteiger partial charge on any atom is -0.468 e. The maximum Gasteiger partial charge on any atom is 0.422 e. The molecule has 1 atom stereocenters. The van der Waals surface area contributed by atoms with E-state index in [0.717, 1.165) is 6.42 Å². The van der Waals surface area contributed by atoms with Crippen molar-refractivity contribution >= 4 is 11.8 Å². The van der Waals surface area contributed by atoms with E-state index < -0.39 is 12.8 Å². The quantitative estimate of drug-likeness (QED) is 0.420. The van der Waals surface area contributed by atoms with Crippen molar-refractivity contribution in [3.8, 4) is 5.88 Å². The van der Waals surface area contributed by atoms with Gasteiger partial charge in [0.25, 0.3) is 0 Å². The van der Waals surface area contributed by atoms with E-state index in [9.17, 15) is 17.6 Å². The molecular formula is C19H22F4N6O. The number of anilines is 1. The fourth-order valence-corrected chi connectivity index (χ4v) is 3.05. The first kappa shape index (κ1) is 21.6. The zero-order chi connectivity index (χ0) is 21.6. The molecule has 0 bridgehead atoms. The zero-order valence-corrected chi connectivity index (χ0v) is 16.3. The summed E-state index contributed by atoms with van der Waals surface area (Å²) in [6, 6.07) is 6.08. The van der Waals surface area contributed by atoms with Crippen LogP contribution in [0.1, 0.15) is 12.0 Å². The fraction of sp³-hybridized carbons (Fsp3) is 0.421. The lowest BCUT2D eigenvalue weighted by Gasteiger charge is -2.20. The first-order valence-electron chi connectivity index (χ1n) is 9.31. The van der Waals surface area contributed by atoms with E-state index in [4.69, 9.17) is 0 Å². The largest absolute Gasteiger partial charge is 0.468 e. The Kier molecular flexibility index (Phi) is 6.91. The highest BCUT2D eigenvalue weighted by Crippen LogP contribution is 2.21. The third kappa shape index (κ3) is 6.19. The molecule has 1 unspecified atom stereocenters. The number of pyridine rings is 2. The molecule has 3 heterocycles. The summed E-state index contributed by atoms with van der Waals surface area (Å²) in [6.45, 7) is 0.150. The van der Waals surface area contributed by atoms with E-state index in [2.05, 4.69) is 30.3 Å². The van der Waals surface area contributed by atoms with Crippen molar-refractivity contribution in [3.63, 3.8) is 0 Å². The molecule has 0 spiro atoms. The predicted octanol–water partition coefficient (Wildman–Crippen LogP) is 2.50. The summed E-state index contributed by atoms with van der Waals surface area (Å²) >= 11 is 0. The average molecular weight is 426 g/mol. The lowest BCUT2D eigenvalue weighted by atomic mass is 10.2. The summed E-state index contributed by atoms with van der Waals surface area (Å²) in [5, 5.41) is 6.37. The number of rotatable bonds is 6. The maximum absolute atomic E-state index is 13.9. The summed E-state index contributed by atoms with van der Waals surface area (Å²) in [5.41, 5.74) is 0.689. The molecule has 0 aliphatic carbocycles. The third-order valence-electron chi connectivity index (χ3n) is 4.43. The Morgan fingerprint density at radius 2 is 2.13 bits per heavy atom. The standard InChI is InChI=1S/C19H22F4N6O/c1-24-18(27-10-13-4-7-25-16(9-13)30-12-19(21,22)23)28-14-5-8-29(11-14)17-15(20)3-2-6-26-17/h2-4,6-7,9,14H,5,8,10-12H2,1H3,(H2,24,27,28). The number of guanidine groups is 1. The van der Waals surface area contributed by atoms with E-state index in [1.807, 2.05) is 4.90 Å². The van der Waals surface area contributed by atoms with Crippen LogP contribution in [-0.4, -0.2) is 54.9 Å². The van der Waals surface area contributed by atoms with E-state index in [0.29, 0.717) is 37.0 Å². The number of halogens is 4. The van der Waals surface area contributed by atoms with E-state index >= 15 is 0 Å². The maximum atomic E-state index is 13.9. The summed E-state index contributed by atoms with van der Waals surface area (Å²) in [4.78, 5) is 13.9. The first-order valence-corrected chi connectivity index (χ1v) is 9.31. The molecule has 2 aromatic heterocycles. The van der Waals surface area contributed by atoms with Crippen molar-refractivity contribution in [2.45, 2.75) is 25.2 Å². The molecule has 7 nitrogen and oxygen atoms in total. The number of nitrogens with one attached hydrogen (secondary N) is 2. The van der Waals surface area contributed by atoms with Gasteiger partial charge in [0, 0.05) is 51.2 Å². The Bertz CT molecular complexity index is 876. The molecule has 0 radical (unpaired) electrons. The fourth-order valence-electron chi connectivity index (χ4n) is 3.05. The zero-order valence-electron chi connectivity index (χ0n) is 16.3. The topological polar surface area (TPSA) is 74.7 Å². The molecule has 0 amide bonds. The van der Waals surface area contributed by atoms with Crippen LogP contribution in [0.3, 0.4) is 0 Å². The van der Waals surface area contributed by atoms with Gasteiger partial charge < -0.3 is 20.3 Å².